The van der Waals surface area contributed by atoms with Crippen molar-refractivity contribution in [1.29, 1.82) is 0 Å². The van der Waals surface area contributed by atoms with Crippen molar-refractivity contribution >= 4 is 62.2 Å². The number of carbonyl (C=O) groups is 2. The summed E-state index contributed by atoms with van der Waals surface area (Å²) in [6, 6.07) is 18.4. The molecule has 2 aliphatic rings. The lowest BCUT2D eigenvalue weighted by molar-refractivity contribution is -0.115. The van der Waals surface area contributed by atoms with E-state index >= 15 is 0 Å². The highest BCUT2D eigenvalue weighted by Gasteiger charge is 2.25. The Kier molecular flexibility index (Phi) is 13.4. The number of urea groups is 1. The largest absolute Gasteiger partial charge is 0.497 e. The van der Waals surface area contributed by atoms with Crippen LogP contribution in [0, 0.1) is 0 Å². The average Bonchev–Trinajstić information content (AvgIpc) is 3.08. The fourth-order valence-electron chi connectivity index (χ4n) is 5.56. The number of piperazine rings is 2. The third kappa shape index (κ3) is 10.2. The Morgan fingerprint density at radius 1 is 0.792 bits per heavy atom. The number of rotatable bonds is 9. The van der Waals surface area contributed by atoms with Gasteiger partial charge >= 0.3 is 6.03 Å². The predicted molar refractivity (Wildman–Crippen MR) is 194 cm³/mol. The van der Waals surface area contributed by atoms with Crippen LogP contribution in [0.4, 0.5) is 21.9 Å². The molecule has 0 bridgehead atoms. The van der Waals surface area contributed by atoms with Crippen LogP contribution < -0.4 is 20.3 Å². The number of hydrogen-bond acceptors (Lipinski definition) is 7. The van der Waals surface area contributed by atoms with Crippen molar-refractivity contribution < 1.29 is 22.7 Å². The summed E-state index contributed by atoms with van der Waals surface area (Å²) in [4.78, 5) is 31.7. The lowest BCUT2D eigenvalue weighted by Crippen LogP contribution is -2.50. The van der Waals surface area contributed by atoms with Crippen LogP contribution in [0.5, 0.6) is 5.75 Å². The van der Waals surface area contributed by atoms with E-state index in [4.69, 9.17) is 27.9 Å². The number of halogens is 2. The highest BCUT2D eigenvalue weighted by atomic mass is 35.5. The maximum absolute atomic E-state index is 13.1. The number of sulfonamides is 1. The number of carbonyl (C=O) groups excluding carboxylic acids is 2. The molecule has 2 heterocycles. The maximum atomic E-state index is 13.1. The van der Waals surface area contributed by atoms with Gasteiger partial charge in [0.25, 0.3) is 0 Å². The van der Waals surface area contributed by atoms with E-state index in [1.807, 2.05) is 62.4 Å². The van der Waals surface area contributed by atoms with E-state index < -0.39 is 10.0 Å². The molecular weight excluding hydrogens is 675 g/mol. The van der Waals surface area contributed by atoms with Gasteiger partial charge in [-0.1, -0.05) is 49.2 Å². The molecule has 3 aromatic carbocycles. The van der Waals surface area contributed by atoms with Gasteiger partial charge in [-0.15, -0.1) is 0 Å². The smallest absolute Gasteiger partial charge is 0.322 e. The molecule has 0 aliphatic carbocycles. The van der Waals surface area contributed by atoms with Gasteiger partial charge in [0, 0.05) is 70.3 Å². The molecule has 0 radical (unpaired) electrons. The van der Waals surface area contributed by atoms with Gasteiger partial charge in [-0.2, -0.15) is 4.31 Å². The summed E-state index contributed by atoms with van der Waals surface area (Å²) in [5.74, 6) is 0.649. The topological polar surface area (TPSA) is 115 Å². The minimum atomic E-state index is -3.19. The zero-order valence-corrected chi connectivity index (χ0v) is 30.2. The number of anilines is 3. The van der Waals surface area contributed by atoms with Crippen molar-refractivity contribution in [2.24, 2.45) is 0 Å². The molecule has 0 saturated carbocycles. The number of hydrogen-bond donors (Lipinski definition) is 2. The number of benzene rings is 3. The highest BCUT2D eigenvalue weighted by molar-refractivity contribution is 7.88. The Balaban J connectivity index is 0.00000255. The van der Waals surface area contributed by atoms with Gasteiger partial charge in [0.1, 0.15) is 5.75 Å². The number of nitrogens with one attached hydrogen (secondary N) is 2. The molecule has 2 fully saturated rings. The first-order valence-electron chi connectivity index (χ1n) is 16.0. The quantitative estimate of drug-likeness (QED) is 0.294. The zero-order chi connectivity index (χ0) is 34.8. The fraction of sp³-hybridized carbons (Fsp3) is 0.412. The molecular formula is C34H44Cl2N6O5S. The van der Waals surface area contributed by atoms with E-state index in [1.165, 1.54) is 10.6 Å². The Labute approximate surface area is 293 Å². The molecule has 260 valence electrons. The lowest BCUT2D eigenvalue weighted by atomic mass is 10.1. The van der Waals surface area contributed by atoms with Crippen molar-refractivity contribution in [3.8, 4) is 5.75 Å². The second kappa shape index (κ2) is 17.2. The molecule has 0 aromatic heterocycles. The second-order valence-electron chi connectivity index (χ2n) is 11.4. The van der Waals surface area contributed by atoms with Crippen molar-refractivity contribution in [1.82, 2.24) is 14.1 Å². The van der Waals surface area contributed by atoms with Crippen molar-refractivity contribution in [2.75, 3.05) is 81.3 Å². The summed E-state index contributed by atoms with van der Waals surface area (Å²) in [7, 11) is -1.59. The first kappa shape index (κ1) is 37.3. The van der Waals surface area contributed by atoms with E-state index in [2.05, 4.69) is 20.4 Å². The van der Waals surface area contributed by atoms with Crippen molar-refractivity contribution in [3.63, 3.8) is 0 Å². The molecule has 3 aromatic rings. The maximum Gasteiger partial charge on any atom is 0.322 e. The molecule has 0 atom stereocenters. The third-order valence-electron chi connectivity index (χ3n) is 8.15. The summed E-state index contributed by atoms with van der Waals surface area (Å²) in [5, 5.41) is 6.51. The summed E-state index contributed by atoms with van der Waals surface area (Å²) in [5.41, 5.74) is 3.88. The van der Waals surface area contributed by atoms with E-state index in [0.29, 0.717) is 74.6 Å². The monoisotopic (exact) mass is 718 g/mol. The Morgan fingerprint density at radius 2 is 1.38 bits per heavy atom. The van der Waals surface area contributed by atoms with Gasteiger partial charge < -0.3 is 25.2 Å². The molecule has 48 heavy (non-hydrogen) atoms. The zero-order valence-electron chi connectivity index (χ0n) is 27.8. The number of amides is 3. The third-order valence-corrected chi connectivity index (χ3v) is 10.0. The van der Waals surface area contributed by atoms with Gasteiger partial charge in [0.15, 0.2) is 0 Å². The van der Waals surface area contributed by atoms with Crippen LogP contribution in [-0.2, 0) is 27.8 Å². The summed E-state index contributed by atoms with van der Waals surface area (Å²) in [6.07, 6.45) is 1.49. The van der Waals surface area contributed by atoms with E-state index in [9.17, 15) is 18.0 Å². The molecule has 0 unspecified atom stereocenters. The van der Waals surface area contributed by atoms with Gasteiger partial charge in [0.2, 0.25) is 15.9 Å². The standard InChI is InChI=1S/C32H38Cl2N6O5S.C2H6/c1-45-27-9-3-23(4-10-27)21-30(41)35-25-5-7-26(8-6-25)38-13-15-39(16-14-38)32(42)36-31-28(33)19-24(20-29(31)34)22-37-11-17-40(18-12-37)46(2,43)44;1-2/h3-10,19-20H,11-18,21-22H2,1-2H3,(H,35,41)(H,36,42);1-2H3. The Bertz CT molecular complexity index is 1620. The van der Waals surface area contributed by atoms with E-state index in [1.54, 1.807) is 24.1 Å². The molecule has 2 N–H and O–H groups in total. The molecule has 5 rings (SSSR count). The van der Waals surface area contributed by atoms with Gasteiger partial charge in [0.05, 0.1) is 35.5 Å². The van der Waals surface area contributed by atoms with Gasteiger partial charge in [-0.25, -0.2) is 13.2 Å². The van der Waals surface area contributed by atoms with Gasteiger partial charge in [-0.3, -0.25) is 9.69 Å². The number of methoxy groups -OCH3 is 1. The molecule has 14 heteroatoms. The average molecular weight is 720 g/mol. The van der Waals surface area contributed by atoms with Crippen LogP contribution in [0.25, 0.3) is 0 Å². The first-order valence-corrected chi connectivity index (χ1v) is 18.6. The predicted octanol–water partition coefficient (Wildman–Crippen LogP) is 5.64. The van der Waals surface area contributed by atoms with Gasteiger partial charge in [-0.05, 0) is 59.7 Å². The van der Waals surface area contributed by atoms with Crippen LogP contribution in [-0.4, -0.2) is 100 Å². The highest BCUT2D eigenvalue weighted by Crippen LogP contribution is 2.33. The van der Waals surface area contributed by atoms with E-state index in [0.717, 1.165) is 28.3 Å². The lowest BCUT2D eigenvalue weighted by Gasteiger charge is -2.36. The summed E-state index contributed by atoms with van der Waals surface area (Å²) < 4.78 is 30.2. The molecule has 2 aliphatic heterocycles. The first-order chi connectivity index (χ1) is 23.0. The normalized spacial score (nSPS) is 15.7. The van der Waals surface area contributed by atoms with Crippen LogP contribution in [0.1, 0.15) is 25.0 Å². The second-order valence-corrected chi connectivity index (χ2v) is 14.2. The number of nitrogens with zero attached hydrogens (tertiary/aromatic N) is 4. The van der Waals surface area contributed by atoms with Crippen LogP contribution in [0.2, 0.25) is 10.0 Å². The molecule has 2 saturated heterocycles. The molecule has 11 nitrogen and oxygen atoms in total. The fourth-order valence-corrected chi connectivity index (χ4v) is 7.01. The van der Waals surface area contributed by atoms with Crippen molar-refractivity contribution in [2.45, 2.75) is 26.8 Å². The minimum absolute atomic E-state index is 0.0996. The summed E-state index contributed by atoms with van der Waals surface area (Å²) >= 11 is 13.1. The summed E-state index contributed by atoms with van der Waals surface area (Å²) in [6.45, 7) is 8.99. The Hall–Kier alpha value is -3.55. The van der Waals surface area contributed by atoms with Crippen LogP contribution in [0.15, 0.2) is 60.7 Å². The van der Waals surface area contributed by atoms with Crippen LogP contribution >= 0.6 is 23.2 Å². The van der Waals surface area contributed by atoms with E-state index in [-0.39, 0.29) is 18.4 Å². The molecule has 0 spiro atoms. The van der Waals surface area contributed by atoms with Crippen molar-refractivity contribution in [3.05, 3.63) is 81.8 Å². The molecule has 3 amide bonds. The Morgan fingerprint density at radius 3 is 1.92 bits per heavy atom. The van der Waals surface area contributed by atoms with Crippen LogP contribution in [0.3, 0.4) is 0 Å². The SMILES string of the molecule is CC.COc1ccc(CC(=O)Nc2ccc(N3CCN(C(=O)Nc4c(Cl)cc(CN5CCN(S(C)(=O)=O)CC5)cc4Cl)CC3)cc2)cc1. The minimum Gasteiger partial charge on any atom is -0.497 e. The number of ether oxygens (including phenoxy) is 1.